The fraction of sp³-hybridized carbons (Fsp3) is 0.481. The highest BCUT2D eigenvalue weighted by molar-refractivity contribution is 6.30. The van der Waals surface area contributed by atoms with Gasteiger partial charge in [0.25, 0.3) is 5.91 Å². The highest BCUT2D eigenvalue weighted by atomic mass is 35.5. The minimum atomic E-state index is -0.612. The summed E-state index contributed by atoms with van der Waals surface area (Å²) in [6, 6.07) is 14.5. The Labute approximate surface area is 203 Å². The molecule has 1 atom stereocenters. The Balaban J connectivity index is 2.20. The van der Waals surface area contributed by atoms with E-state index in [2.05, 4.69) is 26.1 Å². The lowest BCUT2D eigenvalue weighted by atomic mass is 9.87. The number of halogens is 1. The van der Waals surface area contributed by atoms with E-state index >= 15 is 0 Å². The van der Waals surface area contributed by atoms with Gasteiger partial charge >= 0.3 is 0 Å². The lowest BCUT2D eigenvalue weighted by Crippen LogP contribution is -2.54. The third-order valence-corrected chi connectivity index (χ3v) is 5.48. The standard InChI is InChI=1S/C27H37ClN2O3/c1-8-23(25(32)29-27(5,6)7)30(17-19-9-13-21(28)14-10-19)24(31)18-33-22-15-11-20(12-16-22)26(2,3)4/h9-16,23H,8,17-18H2,1-7H3,(H,29,32)/t23-/m0/s1. The molecule has 0 saturated carbocycles. The molecule has 0 bridgehead atoms. The zero-order chi connectivity index (χ0) is 24.8. The van der Waals surface area contributed by atoms with Crippen molar-refractivity contribution < 1.29 is 14.3 Å². The second kappa shape index (κ2) is 11.1. The first-order valence-electron chi connectivity index (χ1n) is 11.4. The highest BCUT2D eigenvalue weighted by Crippen LogP contribution is 2.24. The number of hydrogen-bond donors (Lipinski definition) is 1. The molecule has 2 rings (SSSR count). The van der Waals surface area contributed by atoms with Crippen LogP contribution < -0.4 is 10.1 Å². The first kappa shape index (κ1) is 26.7. The molecule has 0 spiro atoms. The molecule has 2 aromatic rings. The number of rotatable bonds is 8. The van der Waals surface area contributed by atoms with Crippen molar-refractivity contribution in [3.8, 4) is 5.75 Å². The average molecular weight is 473 g/mol. The van der Waals surface area contributed by atoms with Gasteiger partial charge in [0.1, 0.15) is 11.8 Å². The van der Waals surface area contributed by atoms with E-state index in [1.54, 1.807) is 17.0 Å². The summed E-state index contributed by atoms with van der Waals surface area (Å²) in [6.07, 6.45) is 0.488. The minimum absolute atomic E-state index is 0.0402. The molecule has 0 unspecified atom stereocenters. The molecule has 6 heteroatoms. The van der Waals surface area contributed by atoms with Crippen LogP contribution in [0.3, 0.4) is 0 Å². The summed E-state index contributed by atoms with van der Waals surface area (Å²) in [6.45, 7) is 14.3. The van der Waals surface area contributed by atoms with Gasteiger partial charge in [-0.1, -0.05) is 63.6 Å². The van der Waals surface area contributed by atoms with E-state index in [4.69, 9.17) is 16.3 Å². The summed E-state index contributed by atoms with van der Waals surface area (Å²) in [5.74, 6) is 0.192. The summed E-state index contributed by atoms with van der Waals surface area (Å²) < 4.78 is 5.80. The fourth-order valence-electron chi connectivity index (χ4n) is 3.44. The third-order valence-electron chi connectivity index (χ3n) is 5.23. The van der Waals surface area contributed by atoms with Crippen molar-refractivity contribution in [2.75, 3.05) is 6.61 Å². The van der Waals surface area contributed by atoms with Gasteiger partial charge in [0.05, 0.1) is 0 Å². The molecule has 0 saturated heterocycles. The molecule has 0 fully saturated rings. The lowest BCUT2D eigenvalue weighted by molar-refractivity contribution is -0.143. The van der Waals surface area contributed by atoms with Gasteiger partial charge in [0.2, 0.25) is 5.91 Å². The van der Waals surface area contributed by atoms with Gasteiger partial charge in [-0.05, 0) is 68.0 Å². The van der Waals surface area contributed by atoms with Gasteiger partial charge in [-0.2, -0.15) is 0 Å². The molecule has 0 heterocycles. The molecule has 2 amide bonds. The fourth-order valence-corrected chi connectivity index (χ4v) is 3.56. The maximum Gasteiger partial charge on any atom is 0.261 e. The van der Waals surface area contributed by atoms with E-state index in [0.29, 0.717) is 23.7 Å². The smallest absolute Gasteiger partial charge is 0.261 e. The zero-order valence-corrected chi connectivity index (χ0v) is 21.6. The second-order valence-corrected chi connectivity index (χ2v) is 10.8. The summed E-state index contributed by atoms with van der Waals surface area (Å²) in [7, 11) is 0. The van der Waals surface area contributed by atoms with Gasteiger partial charge in [-0.25, -0.2) is 0 Å². The molecule has 0 aliphatic rings. The van der Waals surface area contributed by atoms with Crippen LogP contribution in [-0.2, 0) is 21.5 Å². The normalized spacial score (nSPS) is 12.7. The predicted molar refractivity (Wildman–Crippen MR) is 135 cm³/mol. The van der Waals surface area contributed by atoms with E-state index in [0.717, 1.165) is 5.56 Å². The van der Waals surface area contributed by atoms with E-state index < -0.39 is 11.6 Å². The van der Waals surface area contributed by atoms with Crippen LogP contribution in [0.1, 0.15) is 66.0 Å². The molecule has 180 valence electrons. The van der Waals surface area contributed by atoms with Crippen molar-refractivity contribution in [2.45, 2.75) is 78.4 Å². The molecule has 5 nitrogen and oxygen atoms in total. The van der Waals surface area contributed by atoms with Crippen LogP contribution in [0.5, 0.6) is 5.75 Å². The van der Waals surface area contributed by atoms with Gasteiger partial charge in [0.15, 0.2) is 6.61 Å². The minimum Gasteiger partial charge on any atom is -0.484 e. The maximum absolute atomic E-state index is 13.3. The molecule has 33 heavy (non-hydrogen) atoms. The van der Waals surface area contributed by atoms with Crippen molar-refractivity contribution in [1.29, 1.82) is 0 Å². The topological polar surface area (TPSA) is 58.6 Å². The van der Waals surface area contributed by atoms with Gasteiger partial charge < -0.3 is 15.0 Å². The number of nitrogens with one attached hydrogen (secondary N) is 1. The van der Waals surface area contributed by atoms with Crippen LogP contribution >= 0.6 is 11.6 Å². The van der Waals surface area contributed by atoms with Crippen LogP contribution in [0, 0.1) is 0 Å². The zero-order valence-electron chi connectivity index (χ0n) is 20.9. The van der Waals surface area contributed by atoms with E-state index in [-0.39, 0.29) is 23.8 Å². The first-order valence-corrected chi connectivity index (χ1v) is 11.8. The van der Waals surface area contributed by atoms with Crippen molar-refractivity contribution in [3.63, 3.8) is 0 Å². The van der Waals surface area contributed by atoms with Crippen LogP contribution in [0.4, 0.5) is 0 Å². The van der Waals surface area contributed by atoms with Crippen LogP contribution in [0.15, 0.2) is 48.5 Å². The Bertz CT molecular complexity index is 926. The Morgan fingerprint density at radius 2 is 1.55 bits per heavy atom. The summed E-state index contributed by atoms with van der Waals surface area (Å²) in [5.41, 5.74) is 1.73. The quantitative estimate of drug-likeness (QED) is 0.533. The number of carbonyl (C=O) groups is 2. The predicted octanol–water partition coefficient (Wildman–Crippen LogP) is 5.74. The number of amides is 2. The molecule has 0 aliphatic carbocycles. The molecular formula is C27H37ClN2O3. The SMILES string of the molecule is CC[C@@H](C(=O)NC(C)(C)C)N(Cc1ccc(Cl)cc1)C(=O)COc1ccc(C(C)(C)C)cc1. The first-order chi connectivity index (χ1) is 15.3. The van der Waals surface area contributed by atoms with Crippen molar-refractivity contribution in [1.82, 2.24) is 10.2 Å². The van der Waals surface area contributed by atoms with Crippen molar-refractivity contribution >= 4 is 23.4 Å². The third kappa shape index (κ3) is 8.39. The van der Waals surface area contributed by atoms with Crippen LogP contribution in [-0.4, -0.2) is 34.9 Å². The van der Waals surface area contributed by atoms with Crippen LogP contribution in [0.2, 0.25) is 5.02 Å². The van der Waals surface area contributed by atoms with Crippen molar-refractivity contribution in [3.05, 3.63) is 64.7 Å². The Morgan fingerprint density at radius 3 is 2.03 bits per heavy atom. The molecule has 2 aromatic carbocycles. The largest absolute Gasteiger partial charge is 0.484 e. The number of benzene rings is 2. The second-order valence-electron chi connectivity index (χ2n) is 10.4. The Morgan fingerprint density at radius 1 is 0.970 bits per heavy atom. The van der Waals surface area contributed by atoms with Gasteiger partial charge in [-0.3, -0.25) is 9.59 Å². The molecule has 0 radical (unpaired) electrons. The highest BCUT2D eigenvalue weighted by Gasteiger charge is 2.31. The average Bonchev–Trinajstić information content (AvgIpc) is 2.71. The van der Waals surface area contributed by atoms with E-state index in [1.807, 2.05) is 64.1 Å². The molecule has 0 aliphatic heterocycles. The molecular weight excluding hydrogens is 436 g/mol. The number of nitrogens with zero attached hydrogens (tertiary/aromatic N) is 1. The summed E-state index contributed by atoms with van der Waals surface area (Å²) in [4.78, 5) is 27.9. The number of ether oxygens (including phenoxy) is 1. The van der Waals surface area contributed by atoms with Gasteiger partial charge in [-0.15, -0.1) is 0 Å². The summed E-state index contributed by atoms with van der Waals surface area (Å²) in [5, 5.41) is 3.62. The lowest BCUT2D eigenvalue weighted by Gasteiger charge is -2.33. The van der Waals surface area contributed by atoms with Crippen molar-refractivity contribution in [2.24, 2.45) is 0 Å². The Hall–Kier alpha value is -2.53. The number of hydrogen-bond acceptors (Lipinski definition) is 3. The van der Waals surface area contributed by atoms with Crippen LogP contribution in [0.25, 0.3) is 0 Å². The summed E-state index contributed by atoms with van der Waals surface area (Å²) >= 11 is 6.02. The van der Waals surface area contributed by atoms with E-state index in [1.165, 1.54) is 5.56 Å². The molecule has 1 N–H and O–H groups in total. The van der Waals surface area contributed by atoms with Gasteiger partial charge in [0, 0.05) is 17.1 Å². The monoisotopic (exact) mass is 472 g/mol. The number of carbonyl (C=O) groups excluding carboxylic acids is 2. The van der Waals surface area contributed by atoms with E-state index in [9.17, 15) is 9.59 Å². The molecule has 0 aromatic heterocycles. The maximum atomic E-state index is 13.3. The Kier molecular flexibility index (Phi) is 8.96.